The van der Waals surface area contributed by atoms with E-state index in [1.807, 2.05) is 32.0 Å². The molecular weight excluding hydrogens is 236 g/mol. The fourth-order valence-corrected chi connectivity index (χ4v) is 2.72. The van der Waals surface area contributed by atoms with Gasteiger partial charge in [-0.15, -0.1) is 0 Å². The molecule has 106 valence electrons. The second kappa shape index (κ2) is 5.72. The molecule has 0 bridgehead atoms. The lowest BCUT2D eigenvalue weighted by molar-refractivity contribution is 0.244. The first-order chi connectivity index (χ1) is 8.98. The zero-order valence-electron chi connectivity index (χ0n) is 12.3. The number of hydrogen-bond donors (Lipinski definition) is 2. The Balaban J connectivity index is 2.00. The Labute approximate surface area is 116 Å². The molecule has 0 saturated heterocycles. The minimum atomic E-state index is 0.143. The average molecular weight is 262 g/mol. The van der Waals surface area contributed by atoms with Crippen LogP contribution in [0.25, 0.3) is 0 Å². The Kier molecular flexibility index (Phi) is 4.23. The van der Waals surface area contributed by atoms with Crippen LogP contribution in [0.3, 0.4) is 0 Å². The summed E-state index contributed by atoms with van der Waals surface area (Å²) in [4.78, 5) is 0. The molecule has 0 radical (unpaired) electrons. The van der Waals surface area contributed by atoms with E-state index >= 15 is 0 Å². The summed E-state index contributed by atoms with van der Waals surface area (Å²) in [7, 11) is 0. The maximum atomic E-state index is 5.93. The van der Waals surface area contributed by atoms with Gasteiger partial charge in [-0.1, -0.05) is 19.8 Å². The number of anilines is 2. The third-order valence-corrected chi connectivity index (χ3v) is 3.91. The zero-order valence-corrected chi connectivity index (χ0v) is 12.3. The average Bonchev–Trinajstić information content (AvgIpc) is 2.77. The summed E-state index contributed by atoms with van der Waals surface area (Å²) in [6, 6.07) is 5.95. The van der Waals surface area contributed by atoms with Crippen LogP contribution in [0.2, 0.25) is 0 Å². The number of nitrogen functional groups attached to an aromatic ring is 1. The monoisotopic (exact) mass is 262 g/mol. The Hall–Kier alpha value is -1.38. The molecule has 2 rings (SSSR count). The molecule has 0 atom stereocenters. The van der Waals surface area contributed by atoms with Gasteiger partial charge in [0.25, 0.3) is 0 Å². The number of nitrogens with two attached hydrogens (primary N) is 1. The van der Waals surface area contributed by atoms with Crippen molar-refractivity contribution in [2.45, 2.75) is 52.6 Å². The normalized spacial score (nSPS) is 17.7. The van der Waals surface area contributed by atoms with E-state index in [4.69, 9.17) is 10.5 Å². The number of ether oxygens (including phenoxy) is 1. The zero-order chi connectivity index (χ0) is 13.9. The van der Waals surface area contributed by atoms with Crippen molar-refractivity contribution in [1.29, 1.82) is 0 Å². The highest BCUT2D eigenvalue weighted by molar-refractivity contribution is 5.61. The van der Waals surface area contributed by atoms with Crippen LogP contribution in [0.1, 0.15) is 46.5 Å². The van der Waals surface area contributed by atoms with Crippen LogP contribution in [0.5, 0.6) is 5.75 Å². The molecule has 3 nitrogen and oxygen atoms in total. The minimum Gasteiger partial charge on any atom is -0.489 e. The van der Waals surface area contributed by atoms with Gasteiger partial charge in [0, 0.05) is 18.3 Å². The molecule has 1 aliphatic rings. The van der Waals surface area contributed by atoms with Crippen molar-refractivity contribution in [3.63, 3.8) is 0 Å². The van der Waals surface area contributed by atoms with Crippen molar-refractivity contribution in [3.8, 4) is 5.75 Å². The van der Waals surface area contributed by atoms with Crippen molar-refractivity contribution in [2.75, 3.05) is 17.6 Å². The molecule has 3 N–H and O–H groups in total. The largest absolute Gasteiger partial charge is 0.489 e. The predicted molar refractivity (Wildman–Crippen MR) is 81.7 cm³/mol. The van der Waals surface area contributed by atoms with Gasteiger partial charge in [0.15, 0.2) is 0 Å². The van der Waals surface area contributed by atoms with E-state index in [9.17, 15) is 0 Å². The van der Waals surface area contributed by atoms with Gasteiger partial charge < -0.3 is 15.8 Å². The molecule has 0 heterocycles. The standard InChI is InChI=1S/C16H26N2O/c1-12(2)19-15-10-13(6-7-14(15)17)18-11-16(3)8-4-5-9-16/h6-7,10,12,18H,4-5,8-9,11,17H2,1-3H3. The highest BCUT2D eigenvalue weighted by Gasteiger charge is 2.28. The van der Waals surface area contributed by atoms with Gasteiger partial charge in [0.2, 0.25) is 0 Å². The summed E-state index contributed by atoms with van der Waals surface area (Å²) >= 11 is 0. The second-order valence-electron chi connectivity index (χ2n) is 6.29. The van der Waals surface area contributed by atoms with Gasteiger partial charge in [-0.05, 0) is 44.2 Å². The van der Waals surface area contributed by atoms with E-state index in [0.717, 1.165) is 18.0 Å². The van der Waals surface area contributed by atoms with Crippen LogP contribution < -0.4 is 15.8 Å². The molecule has 1 fully saturated rings. The van der Waals surface area contributed by atoms with Crippen LogP contribution in [0.15, 0.2) is 18.2 Å². The lowest BCUT2D eigenvalue weighted by atomic mass is 9.89. The van der Waals surface area contributed by atoms with E-state index < -0.39 is 0 Å². The highest BCUT2D eigenvalue weighted by atomic mass is 16.5. The van der Waals surface area contributed by atoms with E-state index in [1.165, 1.54) is 25.7 Å². The number of rotatable bonds is 5. The molecule has 1 aromatic carbocycles. The summed E-state index contributed by atoms with van der Waals surface area (Å²) in [5.41, 5.74) is 8.17. The smallest absolute Gasteiger partial charge is 0.144 e. The van der Waals surface area contributed by atoms with Crippen molar-refractivity contribution in [3.05, 3.63) is 18.2 Å². The van der Waals surface area contributed by atoms with Crippen LogP contribution in [-0.2, 0) is 0 Å². The predicted octanol–water partition coefficient (Wildman–Crippen LogP) is 4.05. The van der Waals surface area contributed by atoms with Crippen molar-refractivity contribution >= 4 is 11.4 Å². The van der Waals surface area contributed by atoms with Gasteiger partial charge in [0.1, 0.15) is 5.75 Å². The lowest BCUT2D eigenvalue weighted by Gasteiger charge is -2.24. The third kappa shape index (κ3) is 3.79. The first kappa shape index (κ1) is 14.0. The van der Waals surface area contributed by atoms with Crippen molar-refractivity contribution in [1.82, 2.24) is 0 Å². The number of hydrogen-bond acceptors (Lipinski definition) is 3. The van der Waals surface area contributed by atoms with Crippen LogP contribution in [0.4, 0.5) is 11.4 Å². The summed E-state index contributed by atoms with van der Waals surface area (Å²) < 4.78 is 5.72. The molecule has 0 aliphatic heterocycles. The van der Waals surface area contributed by atoms with Crippen molar-refractivity contribution < 1.29 is 4.74 Å². The van der Waals surface area contributed by atoms with Crippen LogP contribution >= 0.6 is 0 Å². The quantitative estimate of drug-likeness (QED) is 0.787. The molecule has 0 unspecified atom stereocenters. The summed E-state index contributed by atoms with van der Waals surface area (Å²) in [6.07, 6.45) is 5.52. The number of benzene rings is 1. The molecule has 1 aliphatic carbocycles. The second-order valence-corrected chi connectivity index (χ2v) is 6.29. The minimum absolute atomic E-state index is 0.143. The van der Waals surface area contributed by atoms with E-state index in [-0.39, 0.29) is 6.10 Å². The summed E-state index contributed by atoms with van der Waals surface area (Å²) in [5, 5.41) is 3.53. The van der Waals surface area contributed by atoms with Gasteiger partial charge >= 0.3 is 0 Å². The van der Waals surface area contributed by atoms with E-state index in [0.29, 0.717) is 11.1 Å². The Morgan fingerprint density at radius 1 is 1.32 bits per heavy atom. The molecule has 0 spiro atoms. The first-order valence-electron chi connectivity index (χ1n) is 7.29. The first-order valence-corrected chi connectivity index (χ1v) is 7.29. The Morgan fingerprint density at radius 3 is 2.63 bits per heavy atom. The molecule has 0 aromatic heterocycles. The SMILES string of the molecule is CC(C)Oc1cc(NCC2(C)CCCC2)ccc1N. The topological polar surface area (TPSA) is 47.3 Å². The Bertz CT molecular complexity index is 423. The maximum absolute atomic E-state index is 5.93. The van der Waals surface area contributed by atoms with E-state index in [1.54, 1.807) is 0 Å². The fraction of sp³-hybridized carbons (Fsp3) is 0.625. The van der Waals surface area contributed by atoms with Gasteiger partial charge in [0.05, 0.1) is 11.8 Å². The molecule has 19 heavy (non-hydrogen) atoms. The van der Waals surface area contributed by atoms with Crippen LogP contribution in [-0.4, -0.2) is 12.6 Å². The van der Waals surface area contributed by atoms with Crippen LogP contribution in [0, 0.1) is 5.41 Å². The molecular formula is C16H26N2O. The summed E-state index contributed by atoms with van der Waals surface area (Å²) in [6.45, 7) is 7.42. The number of nitrogens with one attached hydrogen (secondary N) is 1. The Morgan fingerprint density at radius 2 is 2.00 bits per heavy atom. The third-order valence-electron chi connectivity index (χ3n) is 3.91. The van der Waals surface area contributed by atoms with Crippen molar-refractivity contribution in [2.24, 2.45) is 5.41 Å². The molecule has 3 heteroatoms. The van der Waals surface area contributed by atoms with Gasteiger partial charge in [-0.25, -0.2) is 0 Å². The van der Waals surface area contributed by atoms with E-state index in [2.05, 4.69) is 12.2 Å². The van der Waals surface area contributed by atoms with Gasteiger partial charge in [-0.2, -0.15) is 0 Å². The highest BCUT2D eigenvalue weighted by Crippen LogP contribution is 2.37. The maximum Gasteiger partial charge on any atom is 0.144 e. The molecule has 1 aromatic rings. The molecule has 0 amide bonds. The fourth-order valence-electron chi connectivity index (χ4n) is 2.72. The van der Waals surface area contributed by atoms with Gasteiger partial charge in [-0.3, -0.25) is 0 Å². The summed E-state index contributed by atoms with van der Waals surface area (Å²) in [5.74, 6) is 0.775. The molecule has 1 saturated carbocycles. The lowest BCUT2D eigenvalue weighted by Crippen LogP contribution is -2.23.